The van der Waals surface area contributed by atoms with Crippen molar-refractivity contribution in [2.75, 3.05) is 32.1 Å². The first-order valence-corrected chi connectivity index (χ1v) is 9.54. The highest BCUT2D eigenvalue weighted by Crippen LogP contribution is 2.19. The molecule has 2 aromatic carbocycles. The number of amides is 1. The van der Waals surface area contributed by atoms with Crippen LogP contribution in [0.3, 0.4) is 0 Å². The van der Waals surface area contributed by atoms with Gasteiger partial charge in [-0.3, -0.25) is 9.69 Å². The molecule has 6 heteroatoms. The Morgan fingerprint density at radius 2 is 1.85 bits per heavy atom. The minimum Gasteiger partial charge on any atom is -0.375 e. The van der Waals surface area contributed by atoms with E-state index in [4.69, 9.17) is 11.6 Å². The van der Waals surface area contributed by atoms with E-state index in [0.717, 1.165) is 37.5 Å². The SMILES string of the molecule is CN(C)c1ccc(C(=O)NC2CCN(Cc3ccc(Cl)cc3)CC2)cc1F. The summed E-state index contributed by atoms with van der Waals surface area (Å²) in [4.78, 5) is 16.5. The van der Waals surface area contributed by atoms with Crippen molar-refractivity contribution in [3.8, 4) is 0 Å². The number of carbonyl (C=O) groups excluding carboxylic acids is 1. The lowest BCUT2D eigenvalue weighted by atomic mass is 10.0. The Morgan fingerprint density at radius 1 is 1.19 bits per heavy atom. The maximum absolute atomic E-state index is 14.1. The maximum atomic E-state index is 14.1. The first-order valence-electron chi connectivity index (χ1n) is 9.17. The Morgan fingerprint density at radius 3 is 2.44 bits per heavy atom. The predicted molar refractivity (Wildman–Crippen MR) is 108 cm³/mol. The van der Waals surface area contributed by atoms with Crippen LogP contribution in [0.2, 0.25) is 5.02 Å². The van der Waals surface area contributed by atoms with Crippen molar-refractivity contribution >= 4 is 23.2 Å². The number of nitrogens with zero attached hydrogens (tertiary/aromatic N) is 2. The van der Waals surface area contributed by atoms with Gasteiger partial charge in [0.2, 0.25) is 0 Å². The highest BCUT2D eigenvalue weighted by Gasteiger charge is 2.21. The summed E-state index contributed by atoms with van der Waals surface area (Å²) in [6.45, 7) is 2.72. The number of halogens is 2. The van der Waals surface area contributed by atoms with Crippen LogP contribution >= 0.6 is 11.6 Å². The first kappa shape index (κ1) is 19.6. The molecule has 1 N–H and O–H groups in total. The molecule has 144 valence electrons. The van der Waals surface area contributed by atoms with Crippen molar-refractivity contribution in [1.82, 2.24) is 10.2 Å². The van der Waals surface area contributed by atoms with Crippen LogP contribution in [-0.2, 0) is 6.54 Å². The standard InChI is InChI=1S/C21H25ClFN3O/c1-25(2)20-8-5-16(13-19(20)23)21(27)24-18-9-11-26(12-10-18)14-15-3-6-17(22)7-4-15/h3-8,13,18H,9-12,14H2,1-2H3,(H,24,27). The molecule has 1 aliphatic heterocycles. The highest BCUT2D eigenvalue weighted by atomic mass is 35.5. The van der Waals surface area contributed by atoms with E-state index in [1.165, 1.54) is 11.6 Å². The van der Waals surface area contributed by atoms with Crippen molar-refractivity contribution in [3.05, 3.63) is 64.4 Å². The molecule has 1 heterocycles. The number of anilines is 1. The van der Waals surface area contributed by atoms with Gasteiger partial charge in [0.25, 0.3) is 5.91 Å². The van der Waals surface area contributed by atoms with Crippen molar-refractivity contribution in [2.24, 2.45) is 0 Å². The second kappa shape index (κ2) is 8.72. The Hall–Kier alpha value is -2.11. The van der Waals surface area contributed by atoms with Crippen molar-refractivity contribution in [3.63, 3.8) is 0 Å². The summed E-state index contributed by atoms with van der Waals surface area (Å²) in [7, 11) is 3.55. The lowest BCUT2D eigenvalue weighted by molar-refractivity contribution is 0.0908. The smallest absolute Gasteiger partial charge is 0.251 e. The summed E-state index contributed by atoms with van der Waals surface area (Å²) in [6.07, 6.45) is 1.77. The van der Waals surface area contributed by atoms with Gasteiger partial charge in [-0.05, 0) is 48.7 Å². The van der Waals surface area contributed by atoms with Crippen molar-refractivity contribution in [1.29, 1.82) is 0 Å². The van der Waals surface area contributed by atoms with E-state index in [1.807, 2.05) is 24.3 Å². The highest BCUT2D eigenvalue weighted by molar-refractivity contribution is 6.30. The van der Waals surface area contributed by atoms with Crippen LogP contribution < -0.4 is 10.2 Å². The second-order valence-electron chi connectivity index (χ2n) is 7.21. The van der Waals surface area contributed by atoms with Gasteiger partial charge in [0, 0.05) is 50.4 Å². The van der Waals surface area contributed by atoms with E-state index in [-0.39, 0.29) is 17.8 Å². The Bertz CT molecular complexity index is 787. The van der Waals surface area contributed by atoms with E-state index >= 15 is 0 Å². The summed E-state index contributed by atoms with van der Waals surface area (Å²) in [6, 6.07) is 12.6. The van der Waals surface area contributed by atoms with Crippen LogP contribution in [0.25, 0.3) is 0 Å². The van der Waals surface area contributed by atoms with Gasteiger partial charge in [-0.15, -0.1) is 0 Å². The molecular weight excluding hydrogens is 365 g/mol. The minimum atomic E-state index is -0.384. The second-order valence-corrected chi connectivity index (χ2v) is 7.65. The van der Waals surface area contributed by atoms with E-state index in [0.29, 0.717) is 11.3 Å². The van der Waals surface area contributed by atoms with Crippen LogP contribution in [0, 0.1) is 5.82 Å². The van der Waals surface area contributed by atoms with Gasteiger partial charge in [0.1, 0.15) is 5.82 Å². The normalized spacial score (nSPS) is 15.6. The van der Waals surface area contributed by atoms with E-state index in [9.17, 15) is 9.18 Å². The minimum absolute atomic E-state index is 0.121. The number of benzene rings is 2. The van der Waals surface area contributed by atoms with Gasteiger partial charge >= 0.3 is 0 Å². The molecule has 0 aliphatic carbocycles. The number of piperidine rings is 1. The molecule has 0 aromatic heterocycles. The van der Waals surface area contributed by atoms with Crippen LogP contribution in [0.1, 0.15) is 28.8 Å². The molecule has 3 rings (SSSR count). The van der Waals surface area contributed by atoms with Gasteiger partial charge in [0.15, 0.2) is 0 Å². The summed E-state index contributed by atoms with van der Waals surface area (Å²) >= 11 is 5.93. The van der Waals surface area contributed by atoms with Crippen molar-refractivity contribution < 1.29 is 9.18 Å². The average Bonchev–Trinajstić information content (AvgIpc) is 2.64. The zero-order valence-corrected chi connectivity index (χ0v) is 16.5. The molecule has 0 atom stereocenters. The lowest BCUT2D eigenvalue weighted by Gasteiger charge is -2.32. The third-order valence-corrected chi connectivity index (χ3v) is 5.19. The van der Waals surface area contributed by atoms with Gasteiger partial charge in [-0.25, -0.2) is 4.39 Å². The lowest BCUT2D eigenvalue weighted by Crippen LogP contribution is -2.44. The third-order valence-electron chi connectivity index (χ3n) is 4.93. The number of likely N-dealkylation sites (tertiary alicyclic amines) is 1. The molecule has 0 unspecified atom stereocenters. The summed E-state index contributed by atoms with van der Waals surface area (Å²) in [5.41, 5.74) is 2.07. The van der Waals surface area contributed by atoms with Crippen LogP contribution in [-0.4, -0.2) is 44.0 Å². The number of carbonyl (C=O) groups is 1. The Labute approximate surface area is 164 Å². The van der Waals surface area contributed by atoms with Gasteiger partial charge in [-0.2, -0.15) is 0 Å². The molecule has 2 aromatic rings. The molecule has 1 amide bonds. The zero-order valence-electron chi connectivity index (χ0n) is 15.7. The third kappa shape index (κ3) is 5.21. The molecule has 27 heavy (non-hydrogen) atoms. The predicted octanol–water partition coefficient (Wildman–Crippen LogP) is 3.94. The summed E-state index contributed by atoms with van der Waals surface area (Å²) in [5.74, 6) is -0.596. The summed E-state index contributed by atoms with van der Waals surface area (Å²) < 4.78 is 14.1. The number of hydrogen-bond donors (Lipinski definition) is 1. The van der Waals surface area contributed by atoms with Gasteiger partial charge < -0.3 is 10.2 Å². The molecule has 0 bridgehead atoms. The maximum Gasteiger partial charge on any atom is 0.251 e. The molecule has 0 radical (unpaired) electrons. The molecule has 1 saturated heterocycles. The molecule has 1 aliphatic rings. The molecule has 1 fully saturated rings. The molecule has 4 nitrogen and oxygen atoms in total. The quantitative estimate of drug-likeness (QED) is 0.841. The van der Waals surface area contributed by atoms with Crippen LogP contribution in [0.15, 0.2) is 42.5 Å². The Kier molecular flexibility index (Phi) is 6.34. The van der Waals surface area contributed by atoms with Gasteiger partial charge in [0.05, 0.1) is 5.69 Å². The van der Waals surface area contributed by atoms with Gasteiger partial charge in [-0.1, -0.05) is 23.7 Å². The molecule has 0 spiro atoms. The number of nitrogens with one attached hydrogen (secondary N) is 1. The van der Waals surface area contributed by atoms with E-state index in [2.05, 4.69) is 10.2 Å². The number of hydrogen-bond acceptors (Lipinski definition) is 3. The fourth-order valence-electron chi connectivity index (χ4n) is 3.36. The topological polar surface area (TPSA) is 35.6 Å². The average molecular weight is 390 g/mol. The fourth-order valence-corrected chi connectivity index (χ4v) is 3.49. The van der Waals surface area contributed by atoms with Crippen LogP contribution in [0.4, 0.5) is 10.1 Å². The fraction of sp³-hybridized carbons (Fsp3) is 0.381. The Balaban J connectivity index is 1.50. The monoisotopic (exact) mass is 389 g/mol. The largest absolute Gasteiger partial charge is 0.375 e. The molecular formula is C21H25ClFN3O. The summed E-state index contributed by atoms with van der Waals surface area (Å²) in [5, 5.41) is 3.79. The van der Waals surface area contributed by atoms with Crippen LogP contribution in [0.5, 0.6) is 0 Å². The molecule has 0 saturated carbocycles. The zero-order chi connectivity index (χ0) is 19.4. The van der Waals surface area contributed by atoms with E-state index < -0.39 is 0 Å². The number of rotatable bonds is 5. The van der Waals surface area contributed by atoms with Crippen molar-refractivity contribution in [2.45, 2.75) is 25.4 Å². The first-order chi connectivity index (χ1) is 12.9. The van der Waals surface area contributed by atoms with E-state index in [1.54, 1.807) is 31.1 Å².